The van der Waals surface area contributed by atoms with Gasteiger partial charge in [0.25, 0.3) is 5.91 Å². The van der Waals surface area contributed by atoms with E-state index >= 15 is 0 Å². The lowest BCUT2D eigenvalue weighted by atomic mass is 10.1. The van der Waals surface area contributed by atoms with Gasteiger partial charge in [-0.05, 0) is 66.2 Å². The second-order valence-corrected chi connectivity index (χ2v) is 9.30. The summed E-state index contributed by atoms with van der Waals surface area (Å²) in [7, 11) is 1.60. The molecule has 3 rings (SSSR count). The fraction of sp³-hybridized carbons (Fsp3) is 0.261. The first-order chi connectivity index (χ1) is 15.3. The van der Waals surface area contributed by atoms with Gasteiger partial charge in [0.05, 0.1) is 17.7 Å². The highest BCUT2D eigenvalue weighted by Gasteiger charge is 2.34. The number of carboxylic acids is 1. The van der Waals surface area contributed by atoms with Gasteiger partial charge in [-0.3, -0.25) is 9.69 Å². The number of thioether (sulfide) groups is 1. The van der Waals surface area contributed by atoms with Crippen LogP contribution in [0.5, 0.6) is 11.5 Å². The van der Waals surface area contributed by atoms with Gasteiger partial charge >= 0.3 is 5.97 Å². The predicted octanol–water partition coefficient (Wildman–Crippen LogP) is 5.18. The number of amidine groups is 1. The molecule has 0 saturated carbocycles. The number of halogens is 1. The van der Waals surface area contributed by atoms with Crippen molar-refractivity contribution in [3.8, 4) is 11.5 Å². The first-order valence-electron chi connectivity index (χ1n) is 9.85. The monoisotopic (exact) mass is 518 g/mol. The van der Waals surface area contributed by atoms with Crippen LogP contribution in [0.15, 0.2) is 56.8 Å². The van der Waals surface area contributed by atoms with Crippen molar-refractivity contribution in [2.24, 2.45) is 10.9 Å². The summed E-state index contributed by atoms with van der Waals surface area (Å²) in [5.74, 6) is 0.134. The number of hydrogen-bond acceptors (Lipinski definition) is 6. The summed E-state index contributed by atoms with van der Waals surface area (Å²) in [6.07, 6.45) is 1.71. The molecule has 0 aromatic heterocycles. The number of carbonyl (C=O) groups is 2. The van der Waals surface area contributed by atoms with Crippen LogP contribution >= 0.6 is 27.7 Å². The highest BCUT2D eigenvalue weighted by Crippen LogP contribution is 2.36. The third-order valence-electron chi connectivity index (χ3n) is 4.34. The number of carboxylic acid groups (broad SMARTS) is 1. The number of aliphatic imine (C=N–C) groups is 1. The summed E-state index contributed by atoms with van der Waals surface area (Å²) >= 11 is 4.69. The minimum Gasteiger partial charge on any atom is -0.497 e. The first-order valence-corrected chi connectivity index (χ1v) is 11.5. The lowest BCUT2D eigenvalue weighted by Crippen LogP contribution is -2.32. The van der Waals surface area contributed by atoms with Crippen LogP contribution in [0.1, 0.15) is 19.4 Å². The Bertz CT molecular complexity index is 1070. The zero-order valence-electron chi connectivity index (χ0n) is 17.9. The molecule has 0 radical (unpaired) electrons. The van der Waals surface area contributed by atoms with Crippen LogP contribution in [0.25, 0.3) is 6.08 Å². The molecule has 1 heterocycles. The molecule has 1 N–H and O–H groups in total. The van der Waals surface area contributed by atoms with Crippen molar-refractivity contribution in [1.29, 1.82) is 0 Å². The smallest absolute Gasteiger partial charge is 0.341 e. The lowest BCUT2D eigenvalue weighted by Gasteiger charge is -2.17. The van der Waals surface area contributed by atoms with Gasteiger partial charge in [0.15, 0.2) is 11.8 Å². The second-order valence-electron chi connectivity index (χ2n) is 7.38. The van der Waals surface area contributed by atoms with E-state index in [2.05, 4.69) is 20.9 Å². The minimum absolute atomic E-state index is 0.153. The summed E-state index contributed by atoms with van der Waals surface area (Å²) in [5, 5.41) is 9.52. The maximum absolute atomic E-state index is 13.2. The molecule has 1 aliphatic rings. The molecule has 1 saturated heterocycles. The van der Waals surface area contributed by atoms with Crippen LogP contribution in [0.3, 0.4) is 0 Å². The molecule has 0 aliphatic carbocycles. The van der Waals surface area contributed by atoms with Crippen molar-refractivity contribution >= 4 is 56.5 Å². The molecule has 0 spiro atoms. The Labute approximate surface area is 199 Å². The SMILES string of the molecule is COc1ccc(N=C2S/C(=C/c3cc(Br)ccc3OCC(=O)O)C(=O)N2CC(C)C)cc1. The van der Waals surface area contributed by atoms with Gasteiger partial charge in [0.1, 0.15) is 11.5 Å². The van der Waals surface area contributed by atoms with Gasteiger partial charge in [-0.25, -0.2) is 9.79 Å². The molecule has 168 valence electrons. The van der Waals surface area contributed by atoms with E-state index in [1.54, 1.807) is 36.3 Å². The molecule has 0 bridgehead atoms. The third kappa shape index (κ3) is 6.14. The van der Waals surface area contributed by atoms with Crippen molar-refractivity contribution in [2.75, 3.05) is 20.3 Å². The van der Waals surface area contributed by atoms with E-state index in [4.69, 9.17) is 14.6 Å². The summed E-state index contributed by atoms with van der Waals surface area (Å²) < 4.78 is 11.4. The van der Waals surface area contributed by atoms with Crippen molar-refractivity contribution in [3.05, 3.63) is 57.4 Å². The van der Waals surface area contributed by atoms with Gasteiger partial charge < -0.3 is 14.6 Å². The molecule has 7 nitrogen and oxygen atoms in total. The number of methoxy groups -OCH3 is 1. The Kier molecular flexibility index (Phi) is 7.98. The molecule has 1 amide bonds. The quantitative estimate of drug-likeness (QED) is 0.484. The average Bonchev–Trinajstić information content (AvgIpc) is 3.02. The van der Waals surface area contributed by atoms with Crippen LogP contribution in [-0.4, -0.2) is 47.3 Å². The van der Waals surface area contributed by atoms with E-state index in [1.807, 2.05) is 38.1 Å². The number of rotatable bonds is 8. The Hall–Kier alpha value is -2.78. The molecular weight excluding hydrogens is 496 g/mol. The van der Waals surface area contributed by atoms with Gasteiger partial charge in [-0.15, -0.1) is 0 Å². The summed E-state index contributed by atoms with van der Waals surface area (Å²) in [6.45, 7) is 4.13. The van der Waals surface area contributed by atoms with E-state index < -0.39 is 12.6 Å². The summed E-state index contributed by atoms with van der Waals surface area (Å²) in [4.78, 5) is 30.9. The highest BCUT2D eigenvalue weighted by molar-refractivity contribution is 9.10. The topological polar surface area (TPSA) is 88.4 Å². The molecule has 9 heteroatoms. The Morgan fingerprint density at radius 1 is 1.25 bits per heavy atom. The van der Waals surface area contributed by atoms with E-state index in [9.17, 15) is 9.59 Å². The summed E-state index contributed by atoms with van der Waals surface area (Å²) in [5.41, 5.74) is 1.32. The molecule has 1 aliphatic heterocycles. The Balaban J connectivity index is 1.96. The molecule has 0 unspecified atom stereocenters. The molecular formula is C23H23BrN2O5S. The molecule has 0 atom stereocenters. The molecule has 32 heavy (non-hydrogen) atoms. The number of amides is 1. The van der Waals surface area contributed by atoms with Gasteiger partial charge in [-0.1, -0.05) is 29.8 Å². The van der Waals surface area contributed by atoms with Gasteiger partial charge in [0.2, 0.25) is 0 Å². The Morgan fingerprint density at radius 3 is 2.59 bits per heavy atom. The maximum Gasteiger partial charge on any atom is 0.341 e. The predicted molar refractivity (Wildman–Crippen MR) is 129 cm³/mol. The average molecular weight is 519 g/mol. The van der Waals surface area contributed by atoms with Crippen LogP contribution in [0.4, 0.5) is 5.69 Å². The van der Waals surface area contributed by atoms with E-state index in [0.717, 1.165) is 10.2 Å². The number of hydrogen-bond donors (Lipinski definition) is 1. The maximum atomic E-state index is 13.2. The number of nitrogens with zero attached hydrogens (tertiary/aromatic N) is 2. The standard InChI is InChI=1S/C23H23BrN2O5S/c1-14(2)12-26-22(29)20(32-23(26)25-17-5-7-18(30-3)8-6-17)11-15-10-16(24)4-9-19(15)31-13-21(27)28/h4-11,14H,12-13H2,1-3H3,(H,27,28)/b20-11+,25-23?. The lowest BCUT2D eigenvalue weighted by molar-refractivity contribution is -0.139. The number of benzene rings is 2. The van der Waals surface area contributed by atoms with Crippen LogP contribution in [-0.2, 0) is 9.59 Å². The van der Waals surface area contributed by atoms with Crippen LogP contribution in [0, 0.1) is 5.92 Å². The van der Waals surface area contributed by atoms with Crippen molar-refractivity contribution < 1.29 is 24.2 Å². The Morgan fingerprint density at radius 2 is 1.97 bits per heavy atom. The fourth-order valence-corrected chi connectivity index (χ4v) is 4.31. The zero-order chi connectivity index (χ0) is 23.3. The number of ether oxygens (including phenoxy) is 2. The normalized spacial score (nSPS) is 16.3. The van der Waals surface area contributed by atoms with E-state index in [-0.39, 0.29) is 11.8 Å². The van der Waals surface area contributed by atoms with Crippen molar-refractivity contribution in [3.63, 3.8) is 0 Å². The van der Waals surface area contributed by atoms with E-state index in [1.165, 1.54) is 11.8 Å². The largest absolute Gasteiger partial charge is 0.497 e. The van der Waals surface area contributed by atoms with Crippen molar-refractivity contribution in [1.82, 2.24) is 4.90 Å². The molecule has 1 fully saturated rings. The second kappa shape index (κ2) is 10.7. The van der Waals surface area contributed by atoms with Gasteiger partial charge in [-0.2, -0.15) is 0 Å². The number of carbonyl (C=O) groups excluding carboxylic acids is 1. The molecule has 2 aromatic carbocycles. The molecule has 2 aromatic rings. The fourth-order valence-electron chi connectivity index (χ4n) is 2.93. The van der Waals surface area contributed by atoms with Crippen molar-refractivity contribution in [2.45, 2.75) is 13.8 Å². The minimum atomic E-state index is -1.07. The highest BCUT2D eigenvalue weighted by atomic mass is 79.9. The zero-order valence-corrected chi connectivity index (χ0v) is 20.3. The van der Waals surface area contributed by atoms with Crippen LogP contribution in [0.2, 0.25) is 0 Å². The third-order valence-corrected chi connectivity index (χ3v) is 5.84. The van der Waals surface area contributed by atoms with E-state index in [0.29, 0.717) is 33.6 Å². The van der Waals surface area contributed by atoms with Crippen LogP contribution < -0.4 is 9.47 Å². The van der Waals surface area contributed by atoms with Gasteiger partial charge in [0, 0.05) is 16.6 Å². The first kappa shape index (κ1) is 23.9. The number of aliphatic carboxylic acids is 1. The summed E-state index contributed by atoms with van der Waals surface area (Å²) in [6, 6.07) is 12.5.